The van der Waals surface area contributed by atoms with Crippen molar-refractivity contribution < 1.29 is 18.7 Å². The zero-order valence-corrected chi connectivity index (χ0v) is 20.4. The van der Waals surface area contributed by atoms with Crippen LogP contribution in [0.1, 0.15) is 54.5 Å². The maximum absolute atomic E-state index is 14.9. The van der Waals surface area contributed by atoms with Crippen molar-refractivity contribution >= 4 is 17.3 Å². The van der Waals surface area contributed by atoms with E-state index in [0.29, 0.717) is 55.5 Å². The number of carbonyl (C=O) groups excluding carboxylic acids is 1. The molecule has 1 amide bonds. The lowest BCUT2D eigenvalue weighted by Crippen LogP contribution is -2.33. The number of aromatic amines is 1. The minimum absolute atomic E-state index is 0.118. The van der Waals surface area contributed by atoms with Crippen molar-refractivity contribution in [3.63, 3.8) is 0 Å². The van der Waals surface area contributed by atoms with Gasteiger partial charge in [0.25, 0.3) is 5.91 Å². The Morgan fingerprint density at radius 2 is 2.03 bits per heavy atom. The molecule has 0 aliphatic carbocycles. The normalized spacial score (nSPS) is 13.9. The number of hydrazone groups is 1. The molecule has 0 bridgehead atoms. The molecule has 2 heterocycles. The molecule has 0 saturated heterocycles. The van der Waals surface area contributed by atoms with Crippen LogP contribution in [0.2, 0.25) is 0 Å². The van der Waals surface area contributed by atoms with E-state index in [0.717, 1.165) is 11.6 Å². The summed E-state index contributed by atoms with van der Waals surface area (Å²) >= 11 is 0. The molecule has 192 valence electrons. The highest BCUT2D eigenvalue weighted by molar-refractivity contribution is 6.03. The monoisotopic (exact) mass is 507 g/mol. The molecule has 0 fully saturated rings. The predicted molar refractivity (Wildman–Crippen MR) is 131 cm³/mol. The lowest BCUT2D eigenvalue weighted by molar-refractivity contribution is 0.0747. The molecule has 0 spiro atoms. The van der Waals surface area contributed by atoms with Crippen LogP contribution in [0.3, 0.4) is 0 Å². The average Bonchev–Trinajstić information content (AvgIpc) is 3.45. The average molecular weight is 508 g/mol. The molecule has 1 aliphatic heterocycles. The van der Waals surface area contributed by atoms with Crippen molar-refractivity contribution in [3.05, 3.63) is 59.2 Å². The van der Waals surface area contributed by atoms with E-state index in [2.05, 4.69) is 36.6 Å². The largest absolute Gasteiger partial charge is 0.490 e. The number of hydrogen-bond acceptors (Lipinski definition) is 10. The minimum Gasteiger partial charge on any atom is -0.490 e. The Kier molecular flexibility index (Phi) is 8.22. The molecular formula is C24H26FN9O3. The Labute approximate surface area is 212 Å². The van der Waals surface area contributed by atoms with Gasteiger partial charge < -0.3 is 14.9 Å². The van der Waals surface area contributed by atoms with Gasteiger partial charge in [-0.1, -0.05) is 5.21 Å². The highest BCUT2D eigenvalue weighted by Gasteiger charge is 2.24. The topological polar surface area (TPSA) is 153 Å². The van der Waals surface area contributed by atoms with Crippen LogP contribution in [0.4, 0.5) is 10.1 Å². The summed E-state index contributed by atoms with van der Waals surface area (Å²) in [6.45, 7) is 5.15. The summed E-state index contributed by atoms with van der Waals surface area (Å²) in [7, 11) is 0. The van der Waals surface area contributed by atoms with E-state index in [1.165, 1.54) is 17.1 Å². The zero-order chi connectivity index (χ0) is 26.2. The Morgan fingerprint density at radius 1 is 1.22 bits per heavy atom. The number of ether oxygens (including phenoxy) is 2. The number of anilines is 1. The van der Waals surface area contributed by atoms with Crippen molar-refractivity contribution in [2.45, 2.75) is 32.7 Å². The molecule has 1 aromatic heterocycles. The standard InChI is InChI=1S/C24H26FN9O3/c1-3-36-21-10-7-15(12-22(21)37-4-2)19-6-5-11-34(31-19)24(35)17-9-8-16(13-18(17)25)27-28-20(14-26)23-29-32-33-30-23/h7-10,12-13,20,27-28H,3-6,11H2,1-2H3,(H,29,30,32,33). The van der Waals surface area contributed by atoms with E-state index in [9.17, 15) is 14.4 Å². The first kappa shape index (κ1) is 25.5. The number of nitriles is 1. The van der Waals surface area contributed by atoms with Crippen molar-refractivity contribution in [2.75, 3.05) is 25.2 Å². The van der Waals surface area contributed by atoms with Gasteiger partial charge in [-0.3, -0.25) is 4.79 Å². The van der Waals surface area contributed by atoms with Crippen molar-refractivity contribution in [3.8, 4) is 17.6 Å². The first-order chi connectivity index (χ1) is 18.0. The Morgan fingerprint density at radius 3 is 2.73 bits per heavy atom. The van der Waals surface area contributed by atoms with Crippen LogP contribution in [-0.4, -0.2) is 57.0 Å². The first-order valence-electron chi connectivity index (χ1n) is 11.8. The summed E-state index contributed by atoms with van der Waals surface area (Å²) < 4.78 is 26.2. The number of benzene rings is 2. The van der Waals surface area contributed by atoms with Crippen LogP contribution in [0.25, 0.3) is 0 Å². The van der Waals surface area contributed by atoms with Gasteiger partial charge in [0.15, 0.2) is 17.5 Å². The number of tetrazole rings is 1. The van der Waals surface area contributed by atoms with Gasteiger partial charge in [-0.25, -0.2) is 14.8 Å². The van der Waals surface area contributed by atoms with Crippen LogP contribution >= 0.6 is 0 Å². The molecule has 12 nitrogen and oxygen atoms in total. The van der Waals surface area contributed by atoms with E-state index in [1.807, 2.05) is 38.1 Å². The Balaban J connectivity index is 1.48. The molecule has 1 unspecified atom stereocenters. The van der Waals surface area contributed by atoms with Gasteiger partial charge in [0.1, 0.15) is 5.82 Å². The van der Waals surface area contributed by atoms with Gasteiger partial charge in [0, 0.05) is 12.1 Å². The van der Waals surface area contributed by atoms with E-state index >= 15 is 0 Å². The maximum atomic E-state index is 14.9. The van der Waals surface area contributed by atoms with Crippen LogP contribution < -0.4 is 20.3 Å². The molecule has 4 rings (SSSR count). The number of amides is 1. The lowest BCUT2D eigenvalue weighted by atomic mass is 10.0. The number of carbonyl (C=O) groups is 1. The third kappa shape index (κ3) is 5.99. The quantitative estimate of drug-likeness (QED) is 0.351. The fourth-order valence-electron chi connectivity index (χ4n) is 3.73. The summed E-state index contributed by atoms with van der Waals surface area (Å²) in [6, 6.07) is 10.6. The Bertz CT molecular complexity index is 1310. The molecule has 1 aliphatic rings. The number of nitrogens with one attached hydrogen (secondary N) is 3. The molecule has 13 heteroatoms. The van der Waals surface area contributed by atoms with Crippen LogP contribution in [0, 0.1) is 17.1 Å². The van der Waals surface area contributed by atoms with Crippen LogP contribution in [0.5, 0.6) is 11.5 Å². The van der Waals surface area contributed by atoms with E-state index in [-0.39, 0.29) is 11.4 Å². The zero-order valence-electron chi connectivity index (χ0n) is 20.4. The number of rotatable bonds is 10. The van der Waals surface area contributed by atoms with Gasteiger partial charge in [-0.05, 0) is 63.1 Å². The molecule has 3 N–H and O–H groups in total. The predicted octanol–water partition coefficient (Wildman–Crippen LogP) is 2.96. The lowest BCUT2D eigenvalue weighted by Gasteiger charge is -2.24. The van der Waals surface area contributed by atoms with Crippen molar-refractivity contribution in [1.29, 1.82) is 5.26 Å². The second-order valence-corrected chi connectivity index (χ2v) is 7.90. The number of hydrazine groups is 1. The number of nitrogens with zero attached hydrogens (tertiary/aromatic N) is 6. The van der Waals surface area contributed by atoms with Crippen molar-refractivity contribution in [2.24, 2.45) is 5.10 Å². The van der Waals surface area contributed by atoms with Gasteiger partial charge >= 0.3 is 0 Å². The van der Waals surface area contributed by atoms with E-state index in [1.54, 1.807) is 0 Å². The van der Waals surface area contributed by atoms with E-state index < -0.39 is 17.8 Å². The van der Waals surface area contributed by atoms with Gasteiger partial charge in [0.2, 0.25) is 5.82 Å². The van der Waals surface area contributed by atoms with Gasteiger partial charge in [-0.15, -0.1) is 10.2 Å². The summed E-state index contributed by atoms with van der Waals surface area (Å²) in [5, 5.41) is 28.2. The maximum Gasteiger partial charge on any atom is 0.276 e. The summed E-state index contributed by atoms with van der Waals surface area (Å²) in [5.41, 5.74) is 7.10. The fourth-order valence-corrected chi connectivity index (χ4v) is 3.73. The summed E-state index contributed by atoms with van der Waals surface area (Å²) in [6.07, 6.45) is 1.35. The smallest absolute Gasteiger partial charge is 0.276 e. The third-order valence-electron chi connectivity index (χ3n) is 5.45. The van der Waals surface area contributed by atoms with Crippen LogP contribution in [0.15, 0.2) is 41.5 Å². The molecule has 3 aromatic rings. The highest BCUT2D eigenvalue weighted by Crippen LogP contribution is 2.30. The van der Waals surface area contributed by atoms with Crippen LogP contribution in [-0.2, 0) is 0 Å². The second kappa shape index (κ2) is 11.9. The minimum atomic E-state index is -0.921. The van der Waals surface area contributed by atoms with E-state index in [4.69, 9.17) is 9.47 Å². The SMILES string of the molecule is CCOc1ccc(C2=NN(C(=O)c3ccc(NNC(C#N)c4nn[nH]n4)cc3F)CCC2)cc1OCC. The molecule has 0 radical (unpaired) electrons. The molecule has 1 atom stereocenters. The first-order valence-corrected chi connectivity index (χ1v) is 11.8. The molecule has 2 aromatic carbocycles. The van der Waals surface area contributed by atoms with Gasteiger partial charge in [-0.2, -0.15) is 15.6 Å². The number of H-pyrrole nitrogens is 1. The van der Waals surface area contributed by atoms with Crippen molar-refractivity contribution in [1.82, 2.24) is 31.1 Å². The second-order valence-electron chi connectivity index (χ2n) is 7.90. The highest BCUT2D eigenvalue weighted by atomic mass is 19.1. The fraction of sp³-hybridized carbons (Fsp3) is 0.333. The van der Waals surface area contributed by atoms with Gasteiger partial charge in [0.05, 0.1) is 36.2 Å². The number of hydrogen-bond donors (Lipinski definition) is 3. The molecule has 0 saturated carbocycles. The summed E-state index contributed by atoms with van der Waals surface area (Å²) in [5.74, 6) is 0.0931. The Hall–Kier alpha value is -4.57. The number of halogens is 1. The summed E-state index contributed by atoms with van der Waals surface area (Å²) in [4.78, 5) is 13.1. The molecular weight excluding hydrogens is 481 g/mol. The third-order valence-corrected chi connectivity index (χ3v) is 5.45. The molecule has 37 heavy (non-hydrogen) atoms. The number of aromatic nitrogens is 4.